The van der Waals surface area contributed by atoms with Gasteiger partial charge in [0.2, 0.25) is 11.8 Å². The van der Waals surface area contributed by atoms with Gasteiger partial charge in [0.15, 0.2) is 0 Å². The highest BCUT2D eigenvalue weighted by Gasteiger charge is 2.12. The highest BCUT2D eigenvalue weighted by atomic mass is 16.5. The van der Waals surface area contributed by atoms with Gasteiger partial charge in [-0.15, -0.1) is 0 Å². The van der Waals surface area contributed by atoms with E-state index in [1.807, 2.05) is 97.1 Å². The topological polar surface area (TPSA) is 61.6 Å². The second-order valence-corrected chi connectivity index (χ2v) is 7.75. The molecule has 0 atom stereocenters. The predicted octanol–water partition coefficient (Wildman–Crippen LogP) is 6.82. The lowest BCUT2D eigenvalue weighted by Crippen LogP contribution is -2.03. The Morgan fingerprint density at radius 2 is 0.889 bits per heavy atom. The minimum Gasteiger partial charge on any atom is -0.494 e. The number of rotatable bonds is 7. The fourth-order valence-corrected chi connectivity index (χ4v) is 3.74. The van der Waals surface area contributed by atoms with Gasteiger partial charge >= 0.3 is 0 Å². The Balaban J connectivity index is 1.68. The number of benzene rings is 4. The van der Waals surface area contributed by atoms with Gasteiger partial charge in [-0.3, -0.25) is 0 Å². The van der Waals surface area contributed by atoms with Gasteiger partial charge in [0.1, 0.15) is 22.9 Å². The molecule has 0 fully saturated rings. The summed E-state index contributed by atoms with van der Waals surface area (Å²) in [6.45, 7) is 0. The molecule has 0 aliphatic heterocycles. The fraction of sp³-hybridized carbons (Fsp3) is 0.133. The van der Waals surface area contributed by atoms with E-state index in [-0.39, 0.29) is 0 Å². The minimum atomic E-state index is 0.512. The highest BCUT2D eigenvalue weighted by molar-refractivity contribution is 5.97. The molecule has 6 heteroatoms. The Labute approximate surface area is 211 Å². The number of aliphatic imine (C=N–C) groups is 2. The number of ether oxygens (including phenoxy) is 4. The Bertz CT molecular complexity index is 1260. The van der Waals surface area contributed by atoms with E-state index in [0.717, 1.165) is 22.3 Å². The first-order valence-corrected chi connectivity index (χ1v) is 11.4. The maximum Gasteiger partial charge on any atom is 0.221 e. The average molecular weight is 481 g/mol. The van der Waals surface area contributed by atoms with Crippen LogP contribution >= 0.6 is 0 Å². The summed E-state index contributed by atoms with van der Waals surface area (Å²) >= 11 is 0. The molecule has 0 aliphatic carbocycles. The molecule has 0 radical (unpaired) electrons. The van der Waals surface area contributed by atoms with E-state index in [1.165, 1.54) is 0 Å². The Kier molecular flexibility index (Phi) is 7.98. The number of hydrogen-bond acceptors (Lipinski definition) is 6. The van der Waals surface area contributed by atoms with Gasteiger partial charge in [-0.25, -0.2) is 9.98 Å². The van der Waals surface area contributed by atoms with Crippen LogP contribution in [0.25, 0.3) is 11.1 Å². The minimum absolute atomic E-state index is 0.512. The third kappa shape index (κ3) is 5.55. The van der Waals surface area contributed by atoms with Crippen LogP contribution in [0.4, 0.5) is 11.4 Å². The van der Waals surface area contributed by atoms with Crippen molar-refractivity contribution < 1.29 is 18.9 Å². The molecule has 0 heterocycles. The standard InChI is InChI=1S/C30H28N2O4/c1-33-27-19-23(15-17-25(27)31-29(35-3)21-11-7-5-8-12-21)24-16-18-26(28(20-24)34-2)32-30(36-4)22-13-9-6-10-14-22/h5-20H,1-4H3. The largest absolute Gasteiger partial charge is 0.494 e. The molecule has 0 saturated carbocycles. The van der Waals surface area contributed by atoms with Crippen molar-refractivity contribution in [3.05, 3.63) is 108 Å². The smallest absolute Gasteiger partial charge is 0.221 e. The normalized spacial score (nSPS) is 11.7. The van der Waals surface area contributed by atoms with Gasteiger partial charge in [0.05, 0.1) is 28.4 Å². The maximum atomic E-state index is 5.65. The molecule has 0 spiro atoms. The van der Waals surface area contributed by atoms with Crippen molar-refractivity contribution in [3.8, 4) is 22.6 Å². The van der Waals surface area contributed by atoms with Crippen LogP contribution in [0.3, 0.4) is 0 Å². The van der Waals surface area contributed by atoms with E-state index in [9.17, 15) is 0 Å². The molecule has 0 bridgehead atoms. The summed E-state index contributed by atoms with van der Waals surface area (Å²) in [4.78, 5) is 9.37. The van der Waals surface area contributed by atoms with Crippen molar-refractivity contribution in [1.29, 1.82) is 0 Å². The Morgan fingerprint density at radius 3 is 1.22 bits per heavy atom. The summed E-state index contributed by atoms with van der Waals surface area (Å²) < 4.78 is 22.4. The van der Waals surface area contributed by atoms with E-state index < -0.39 is 0 Å². The van der Waals surface area contributed by atoms with Crippen LogP contribution in [0.1, 0.15) is 11.1 Å². The molecule has 0 aromatic heterocycles. The van der Waals surface area contributed by atoms with Gasteiger partial charge in [0.25, 0.3) is 0 Å². The van der Waals surface area contributed by atoms with Crippen LogP contribution in [-0.4, -0.2) is 40.2 Å². The Hall–Kier alpha value is -4.58. The second-order valence-electron chi connectivity index (χ2n) is 7.75. The summed E-state index contributed by atoms with van der Waals surface area (Å²) in [7, 11) is 6.47. The van der Waals surface area contributed by atoms with Crippen molar-refractivity contribution in [1.82, 2.24) is 0 Å². The molecule has 4 rings (SSSR count). The van der Waals surface area contributed by atoms with Crippen molar-refractivity contribution >= 4 is 23.2 Å². The monoisotopic (exact) mass is 480 g/mol. The third-order valence-corrected chi connectivity index (χ3v) is 5.56. The molecule has 0 saturated heterocycles. The van der Waals surface area contributed by atoms with Gasteiger partial charge in [-0.05, 0) is 59.7 Å². The molecule has 36 heavy (non-hydrogen) atoms. The molecule has 0 aliphatic rings. The first kappa shape index (κ1) is 24.5. The average Bonchev–Trinajstić information content (AvgIpc) is 2.95. The van der Waals surface area contributed by atoms with Crippen molar-refractivity contribution in [3.63, 3.8) is 0 Å². The van der Waals surface area contributed by atoms with Crippen LogP contribution in [0.5, 0.6) is 11.5 Å². The first-order chi connectivity index (χ1) is 17.7. The molecular formula is C30H28N2O4. The lowest BCUT2D eigenvalue weighted by atomic mass is 10.0. The first-order valence-electron chi connectivity index (χ1n) is 11.4. The molecule has 4 aromatic carbocycles. The molecule has 4 aromatic rings. The molecule has 0 unspecified atom stereocenters. The van der Waals surface area contributed by atoms with Crippen LogP contribution in [0.15, 0.2) is 107 Å². The summed E-state index contributed by atoms with van der Waals surface area (Å²) in [5, 5.41) is 0. The van der Waals surface area contributed by atoms with Crippen LogP contribution in [-0.2, 0) is 9.47 Å². The molecule has 6 nitrogen and oxygen atoms in total. The van der Waals surface area contributed by atoms with E-state index in [4.69, 9.17) is 18.9 Å². The van der Waals surface area contributed by atoms with Crippen LogP contribution < -0.4 is 9.47 Å². The molecule has 0 N–H and O–H groups in total. The summed E-state index contributed by atoms with van der Waals surface area (Å²) in [5.41, 5.74) is 5.02. The highest BCUT2D eigenvalue weighted by Crippen LogP contribution is 2.37. The third-order valence-electron chi connectivity index (χ3n) is 5.56. The predicted molar refractivity (Wildman–Crippen MR) is 144 cm³/mol. The van der Waals surface area contributed by atoms with Gasteiger partial charge in [0, 0.05) is 11.1 Å². The van der Waals surface area contributed by atoms with Gasteiger partial charge in [-0.2, -0.15) is 0 Å². The Morgan fingerprint density at radius 1 is 0.500 bits per heavy atom. The number of nitrogens with zero attached hydrogens (tertiary/aromatic N) is 2. The van der Waals surface area contributed by atoms with Crippen molar-refractivity contribution in [2.45, 2.75) is 0 Å². The van der Waals surface area contributed by atoms with Crippen molar-refractivity contribution in [2.24, 2.45) is 9.98 Å². The van der Waals surface area contributed by atoms with E-state index in [0.29, 0.717) is 34.7 Å². The zero-order valence-electron chi connectivity index (χ0n) is 20.8. The van der Waals surface area contributed by atoms with Crippen LogP contribution in [0.2, 0.25) is 0 Å². The fourth-order valence-electron chi connectivity index (χ4n) is 3.74. The summed E-state index contributed by atoms with van der Waals surface area (Å²) in [6.07, 6.45) is 0. The second kappa shape index (κ2) is 11.7. The van der Waals surface area contributed by atoms with E-state index in [2.05, 4.69) is 9.98 Å². The SMILES string of the molecule is COC(=Nc1ccc(-c2ccc(N=C(OC)c3ccccc3)c(OC)c2)cc1OC)c1ccccc1. The lowest BCUT2D eigenvalue weighted by Gasteiger charge is -2.12. The zero-order valence-corrected chi connectivity index (χ0v) is 20.8. The maximum absolute atomic E-state index is 5.65. The molecule has 0 amide bonds. The lowest BCUT2D eigenvalue weighted by molar-refractivity contribution is 0.402. The van der Waals surface area contributed by atoms with Crippen molar-refractivity contribution in [2.75, 3.05) is 28.4 Å². The molecule has 182 valence electrons. The quantitative estimate of drug-likeness (QED) is 0.215. The summed E-state index contributed by atoms with van der Waals surface area (Å²) in [5.74, 6) is 2.28. The number of methoxy groups -OCH3 is 4. The summed E-state index contributed by atoms with van der Waals surface area (Å²) in [6, 6.07) is 31.2. The van der Waals surface area contributed by atoms with Gasteiger partial charge < -0.3 is 18.9 Å². The zero-order chi connectivity index (χ0) is 25.3. The number of hydrogen-bond donors (Lipinski definition) is 0. The van der Waals surface area contributed by atoms with Crippen LogP contribution in [0, 0.1) is 0 Å². The van der Waals surface area contributed by atoms with E-state index >= 15 is 0 Å². The molecular weight excluding hydrogens is 452 g/mol. The van der Waals surface area contributed by atoms with Gasteiger partial charge in [-0.1, -0.05) is 48.5 Å². The van der Waals surface area contributed by atoms with E-state index in [1.54, 1.807) is 28.4 Å².